The molecular weight excluding hydrogens is 356 g/mol. The van der Waals surface area contributed by atoms with Gasteiger partial charge in [-0.1, -0.05) is 24.3 Å². The van der Waals surface area contributed by atoms with E-state index >= 15 is 0 Å². The lowest BCUT2D eigenvalue weighted by atomic mass is 10.1. The van der Waals surface area contributed by atoms with Crippen molar-refractivity contribution in [3.8, 4) is 0 Å². The van der Waals surface area contributed by atoms with E-state index in [2.05, 4.69) is 10.6 Å². The van der Waals surface area contributed by atoms with Gasteiger partial charge in [-0.05, 0) is 36.0 Å². The number of hydrogen-bond donors (Lipinski definition) is 3. The van der Waals surface area contributed by atoms with Gasteiger partial charge in [-0.2, -0.15) is 0 Å². The number of rotatable bonds is 5. The van der Waals surface area contributed by atoms with Crippen molar-refractivity contribution in [3.63, 3.8) is 0 Å². The summed E-state index contributed by atoms with van der Waals surface area (Å²) >= 11 is 5.03. The molecule has 0 aliphatic rings. The summed E-state index contributed by atoms with van der Waals surface area (Å²) in [6.07, 6.45) is 2.61. The fourth-order valence-corrected chi connectivity index (χ4v) is 2.24. The molecule has 0 aromatic heterocycles. The minimum atomic E-state index is -0.632. The van der Waals surface area contributed by atoms with Crippen LogP contribution in [0.15, 0.2) is 54.6 Å². The van der Waals surface area contributed by atoms with Crippen molar-refractivity contribution >= 4 is 46.6 Å². The van der Waals surface area contributed by atoms with Crippen LogP contribution in [0.2, 0.25) is 0 Å². The number of carbonyl (C=O) groups is 2. The Hall–Kier alpha value is -3.59. The summed E-state index contributed by atoms with van der Waals surface area (Å²) in [4.78, 5) is 33.5. The van der Waals surface area contributed by atoms with Gasteiger partial charge >= 0.3 is 0 Å². The predicted molar refractivity (Wildman–Crippen MR) is 101 cm³/mol. The zero-order valence-electron chi connectivity index (χ0n) is 13.3. The van der Waals surface area contributed by atoms with Crippen LogP contribution in [0.5, 0.6) is 0 Å². The molecule has 0 heterocycles. The molecule has 9 heteroatoms. The van der Waals surface area contributed by atoms with E-state index in [1.54, 1.807) is 24.3 Å². The molecule has 132 valence electrons. The van der Waals surface area contributed by atoms with Crippen LogP contribution in [0.25, 0.3) is 6.08 Å². The molecule has 0 unspecified atom stereocenters. The van der Waals surface area contributed by atoms with Crippen molar-refractivity contribution in [1.29, 1.82) is 0 Å². The first-order valence-electron chi connectivity index (χ1n) is 7.30. The minimum absolute atomic E-state index is 0.0209. The second-order valence-corrected chi connectivity index (χ2v) is 5.45. The number of benzene rings is 2. The lowest BCUT2D eigenvalue weighted by molar-refractivity contribution is -0.384. The number of primary amides is 1. The van der Waals surface area contributed by atoms with Crippen molar-refractivity contribution in [3.05, 3.63) is 75.8 Å². The average Bonchev–Trinajstić information content (AvgIpc) is 2.60. The molecule has 4 N–H and O–H groups in total. The van der Waals surface area contributed by atoms with Gasteiger partial charge in [0.1, 0.15) is 0 Å². The number of nitro groups is 1. The van der Waals surface area contributed by atoms with Gasteiger partial charge < -0.3 is 11.1 Å². The van der Waals surface area contributed by atoms with Gasteiger partial charge in [-0.3, -0.25) is 25.0 Å². The van der Waals surface area contributed by atoms with E-state index in [1.165, 1.54) is 36.4 Å². The van der Waals surface area contributed by atoms with Crippen LogP contribution in [0, 0.1) is 10.1 Å². The van der Waals surface area contributed by atoms with E-state index in [-0.39, 0.29) is 16.4 Å². The Bertz CT molecular complexity index is 911. The molecule has 0 bridgehead atoms. The van der Waals surface area contributed by atoms with E-state index in [4.69, 9.17) is 18.0 Å². The Kier molecular flexibility index (Phi) is 6.12. The normalized spacial score (nSPS) is 10.3. The summed E-state index contributed by atoms with van der Waals surface area (Å²) in [6.45, 7) is 0. The van der Waals surface area contributed by atoms with E-state index < -0.39 is 16.7 Å². The molecule has 0 spiro atoms. The molecule has 0 aliphatic heterocycles. The fraction of sp³-hybridized carbons (Fsp3) is 0. The van der Waals surface area contributed by atoms with Gasteiger partial charge in [0, 0.05) is 18.2 Å². The first kappa shape index (κ1) is 18.7. The summed E-state index contributed by atoms with van der Waals surface area (Å²) < 4.78 is 0. The van der Waals surface area contributed by atoms with E-state index in [0.29, 0.717) is 11.3 Å². The summed E-state index contributed by atoms with van der Waals surface area (Å²) in [6, 6.07) is 12.3. The quantitative estimate of drug-likeness (QED) is 0.320. The standard InChI is InChI=1S/C17H14N4O4S/c18-16(23)13-6-1-2-7-14(13)19-17(26)20-15(22)9-8-11-4-3-5-12(10-11)21(24)25/h1-10H,(H2,18,23)(H2,19,20,22,26)/b9-8+. The zero-order chi connectivity index (χ0) is 19.1. The number of nitrogens with one attached hydrogen (secondary N) is 2. The molecule has 2 amide bonds. The zero-order valence-corrected chi connectivity index (χ0v) is 14.2. The summed E-state index contributed by atoms with van der Waals surface area (Å²) in [5.74, 6) is -1.17. The van der Waals surface area contributed by atoms with Crippen LogP contribution in [0.1, 0.15) is 15.9 Å². The monoisotopic (exact) mass is 370 g/mol. The first-order chi connectivity index (χ1) is 12.4. The highest BCUT2D eigenvalue weighted by molar-refractivity contribution is 7.80. The number of amides is 2. The highest BCUT2D eigenvalue weighted by atomic mass is 32.1. The Morgan fingerprint density at radius 1 is 1.15 bits per heavy atom. The topological polar surface area (TPSA) is 127 Å². The van der Waals surface area contributed by atoms with Gasteiger partial charge in [0.05, 0.1) is 16.2 Å². The molecule has 8 nitrogen and oxygen atoms in total. The van der Waals surface area contributed by atoms with E-state index in [0.717, 1.165) is 0 Å². The maximum Gasteiger partial charge on any atom is 0.270 e. The van der Waals surface area contributed by atoms with Crippen molar-refractivity contribution < 1.29 is 14.5 Å². The molecular formula is C17H14N4O4S. The molecule has 2 aromatic carbocycles. The van der Waals surface area contributed by atoms with Gasteiger partial charge in [0.2, 0.25) is 5.91 Å². The largest absolute Gasteiger partial charge is 0.366 e. The van der Waals surface area contributed by atoms with Gasteiger partial charge in [0.25, 0.3) is 11.6 Å². The SMILES string of the molecule is NC(=O)c1ccccc1NC(=S)NC(=O)/C=C/c1cccc([N+](=O)[O-])c1. The Labute approximate surface area is 153 Å². The lowest BCUT2D eigenvalue weighted by Crippen LogP contribution is -2.33. The van der Waals surface area contributed by atoms with Gasteiger partial charge in [-0.15, -0.1) is 0 Å². The number of para-hydroxylation sites is 1. The third kappa shape index (κ3) is 5.21. The highest BCUT2D eigenvalue weighted by Crippen LogP contribution is 2.15. The second kappa shape index (κ2) is 8.49. The maximum absolute atomic E-state index is 11.9. The number of thiocarbonyl (C=S) groups is 1. The van der Waals surface area contributed by atoms with E-state index in [9.17, 15) is 19.7 Å². The van der Waals surface area contributed by atoms with Crippen molar-refractivity contribution in [2.24, 2.45) is 5.73 Å². The molecule has 0 saturated heterocycles. The Morgan fingerprint density at radius 2 is 1.88 bits per heavy atom. The average molecular weight is 370 g/mol. The lowest BCUT2D eigenvalue weighted by Gasteiger charge is -2.10. The molecule has 2 rings (SSSR count). The van der Waals surface area contributed by atoms with Crippen LogP contribution in [0.3, 0.4) is 0 Å². The van der Waals surface area contributed by atoms with E-state index in [1.807, 2.05) is 0 Å². The first-order valence-corrected chi connectivity index (χ1v) is 7.71. The molecule has 0 aliphatic carbocycles. The molecule has 0 fully saturated rings. The molecule has 0 atom stereocenters. The van der Waals surface area contributed by atoms with Crippen molar-refractivity contribution in [1.82, 2.24) is 5.32 Å². The Morgan fingerprint density at radius 3 is 2.58 bits per heavy atom. The molecule has 0 saturated carbocycles. The smallest absolute Gasteiger partial charge is 0.270 e. The molecule has 2 aromatic rings. The van der Waals surface area contributed by atoms with Crippen LogP contribution in [0.4, 0.5) is 11.4 Å². The predicted octanol–water partition coefficient (Wildman–Crippen LogP) is 2.22. The fourth-order valence-electron chi connectivity index (χ4n) is 2.03. The number of hydrogen-bond acceptors (Lipinski definition) is 5. The summed E-state index contributed by atoms with van der Waals surface area (Å²) in [7, 11) is 0. The Balaban J connectivity index is 1.99. The number of nitrogens with two attached hydrogens (primary N) is 1. The maximum atomic E-state index is 11.9. The highest BCUT2D eigenvalue weighted by Gasteiger charge is 2.09. The minimum Gasteiger partial charge on any atom is -0.366 e. The van der Waals surface area contributed by atoms with Crippen molar-refractivity contribution in [2.75, 3.05) is 5.32 Å². The number of nitrogens with zero attached hydrogens (tertiary/aromatic N) is 1. The van der Waals surface area contributed by atoms with Crippen molar-refractivity contribution in [2.45, 2.75) is 0 Å². The van der Waals surface area contributed by atoms with Gasteiger partial charge in [0.15, 0.2) is 5.11 Å². The number of anilines is 1. The third-order valence-corrected chi connectivity index (χ3v) is 3.39. The molecule has 26 heavy (non-hydrogen) atoms. The number of non-ortho nitro benzene ring substituents is 1. The number of nitro benzene ring substituents is 1. The van der Waals surface area contributed by atoms with Crippen LogP contribution >= 0.6 is 12.2 Å². The van der Waals surface area contributed by atoms with Crippen LogP contribution in [-0.2, 0) is 4.79 Å². The van der Waals surface area contributed by atoms with Crippen LogP contribution < -0.4 is 16.4 Å². The van der Waals surface area contributed by atoms with Gasteiger partial charge in [-0.25, -0.2) is 0 Å². The molecule has 0 radical (unpaired) electrons. The summed E-state index contributed by atoms with van der Waals surface area (Å²) in [5.41, 5.74) is 6.29. The third-order valence-electron chi connectivity index (χ3n) is 3.19. The summed E-state index contributed by atoms with van der Waals surface area (Å²) in [5, 5.41) is 15.8. The van der Waals surface area contributed by atoms with Crippen LogP contribution in [-0.4, -0.2) is 21.9 Å². The number of carbonyl (C=O) groups excluding carboxylic acids is 2. The second-order valence-electron chi connectivity index (χ2n) is 5.04.